The lowest BCUT2D eigenvalue weighted by atomic mass is 10.4. The van der Waals surface area contributed by atoms with Gasteiger partial charge in [0, 0.05) is 19.0 Å². The number of hydrogen-bond donors (Lipinski definition) is 2. The minimum Gasteiger partial charge on any atom is -0.461 e. The molecule has 2 N–H and O–H groups in total. The highest BCUT2D eigenvalue weighted by Crippen LogP contribution is 2.28. The standard InChI is InChI=1S/C12H17N3O3S/c1-2-18-12(17)9-11(19-7-15-9)14-6-5-13-10(16)8-3-4-8/h7-8,14H,2-6H2,1H3,(H,13,16). The molecule has 1 fully saturated rings. The van der Waals surface area contributed by atoms with Gasteiger partial charge in [0.25, 0.3) is 0 Å². The Balaban J connectivity index is 1.74. The summed E-state index contributed by atoms with van der Waals surface area (Å²) < 4.78 is 4.91. The van der Waals surface area contributed by atoms with Crippen LogP contribution < -0.4 is 10.6 Å². The molecule has 0 spiro atoms. The molecule has 0 unspecified atom stereocenters. The van der Waals surface area contributed by atoms with E-state index in [1.807, 2.05) is 0 Å². The number of nitrogens with zero attached hydrogens (tertiary/aromatic N) is 1. The van der Waals surface area contributed by atoms with Crippen molar-refractivity contribution in [2.75, 3.05) is 25.0 Å². The van der Waals surface area contributed by atoms with Gasteiger partial charge in [-0.15, -0.1) is 11.3 Å². The van der Waals surface area contributed by atoms with Crippen molar-refractivity contribution in [1.82, 2.24) is 10.3 Å². The van der Waals surface area contributed by atoms with Crippen LogP contribution in [0.5, 0.6) is 0 Å². The quantitative estimate of drug-likeness (QED) is 0.581. The molecular formula is C12H17N3O3S. The smallest absolute Gasteiger partial charge is 0.360 e. The van der Waals surface area contributed by atoms with Crippen molar-refractivity contribution in [1.29, 1.82) is 0 Å². The van der Waals surface area contributed by atoms with Crippen molar-refractivity contribution in [3.8, 4) is 0 Å². The lowest BCUT2D eigenvalue weighted by Gasteiger charge is -2.07. The molecule has 1 aliphatic carbocycles. The van der Waals surface area contributed by atoms with E-state index in [-0.39, 0.29) is 11.8 Å². The van der Waals surface area contributed by atoms with E-state index in [2.05, 4.69) is 15.6 Å². The predicted molar refractivity (Wildman–Crippen MR) is 72.3 cm³/mol. The highest BCUT2D eigenvalue weighted by atomic mass is 32.1. The monoisotopic (exact) mass is 283 g/mol. The van der Waals surface area contributed by atoms with Gasteiger partial charge < -0.3 is 15.4 Å². The number of ether oxygens (including phenoxy) is 1. The minimum atomic E-state index is -0.423. The van der Waals surface area contributed by atoms with Gasteiger partial charge in [0.1, 0.15) is 5.00 Å². The lowest BCUT2D eigenvalue weighted by Crippen LogP contribution is -2.29. The highest BCUT2D eigenvalue weighted by molar-refractivity contribution is 7.14. The van der Waals surface area contributed by atoms with Crippen molar-refractivity contribution in [2.45, 2.75) is 19.8 Å². The molecule has 104 valence electrons. The summed E-state index contributed by atoms with van der Waals surface area (Å²) in [5, 5.41) is 6.61. The molecule has 1 aromatic heterocycles. The predicted octanol–water partition coefficient (Wildman–Crippen LogP) is 1.26. The van der Waals surface area contributed by atoms with Crippen LogP contribution in [0.25, 0.3) is 0 Å². The van der Waals surface area contributed by atoms with Gasteiger partial charge in [-0.25, -0.2) is 9.78 Å². The first-order chi connectivity index (χ1) is 9.22. The van der Waals surface area contributed by atoms with Gasteiger partial charge in [-0.3, -0.25) is 4.79 Å². The third-order valence-corrected chi connectivity index (χ3v) is 3.48. The second kappa shape index (κ2) is 6.51. The maximum absolute atomic E-state index is 11.6. The fourth-order valence-corrected chi connectivity index (χ4v) is 2.26. The fourth-order valence-electron chi connectivity index (χ4n) is 1.57. The van der Waals surface area contributed by atoms with Gasteiger partial charge in [0.2, 0.25) is 5.91 Å². The Hall–Kier alpha value is -1.63. The first kappa shape index (κ1) is 13.8. The molecule has 0 bridgehead atoms. The molecule has 0 aliphatic heterocycles. The van der Waals surface area contributed by atoms with Crippen molar-refractivity contribution in [3.63, 3.8) is 0 Å². The van der Waals surface area contributed by atoms with Gasteiger partial charge >= 0.3 is 5.97 Å². The molecule has 7 heteroatoms. The second-order valence-electron chi connectivity index (χ2n) is 4.24. The summed E-state index contributed by atoms with van der Waals surface area (Å²) in [4.78, 5) is 27.0. The van der Waals surface area contributed by atoms with Crippen LogP contribution in [0.1, 0.15) is 30.3 Å². The summed E-state index contributed by atoms with van der Waals surface area (Å²) in [6.07, 6.45) is 2.00. The number of amides is 1. The molecule has 6 nitrogen and oxygen atoms in total. The van der Waals surface area contributed by atoms with Crippen molar-refractivity contribution >= 4 is 28.2 Å². The average molecular weight is 283 g/mol. The molecule has 2 rings (SSSR count). The van der Waals surface area contributed by atoms with Crippen LogP contribution in [0.15, 0.2) is 5.51 Å². The number of carbonyl (C=O) groups is 2. The highest BCUT2D eigenvalue weighted by Gasteiger charge is 2.29. The molecule has 1 heterocycles. The second-order valence-corrected chi connectivity index (χ2v) is 5.10. The number of esters is 1. The van der Waals surface area contributed by atoms with Crippen LogP contribution in [0.2, 0.25) is 0 Å². The number of rotatable bonds is 7. The lowest BCUT2D eigenvalue weighted by molar-refractivity contribution is -0.122. The number of thiazole rings is 1. The normalized spacial score (nSPS) is 13.9. The Bertz CT molecular complexity index is 457. The minimum absolute atomic E-state index is 0.122. The topological polar surface area (TPSA) is 80.3 Å². The summed E-state index contributed by atoms with van der Waals surface area (Å²) in [6.45, 7) is 3.18. The van der Waals surface area contributed by atoms with Crippen LogP contribution in [-0.4, -0.2) is 36.6 Å². The van der Waals surface area contributed by atoms with E-state index in [9.17, 15) is 9.59 Å². The summed E-state index contributed by atoms with van der Waals surface area (Å²) in [5.74, 6) is -0.0801. The van der Waals surface area contributed by atoms with Crippen molar-refractivity contribution in [2.24, 2.45) is 5.92 Å². The third-order valence-electron chi connectivity index (χ3n) is 2.69. The van der Waals surface area contributed by atoms with Gasteiger partial charge in [0.05, 0.1) is 12.1 Å². The zero-order chi connectivity index (χ0) is 13.7. The number of aromatic nitrogens is 1. The molecule has 1 amide bonds. The Kier molecular flexibility index (Phi) is 4.73. The molecule has 0 saturated heterocycles. The maximum atomic E-state index is 11.6. The Morgan fingerprint density at radius 1 is 1.47 bits per heavy atom. The zero-order valence-electron chi connectivity index (χ0n) is 10.8. The third kappa shape index (κ3) is 3.92. The zero-order valence-corrected chi connectivity index (χ0v) is 11.6. The molecule has 0 aromatic carbocycles. The molecule has 0 atom stereocenters. The maximum Gasteiger partial charge on any atom is 0.360 e. The van der Waals surface area contributed by atoms with Crippen LogP contribution in [-0.2, 0) is 9.53 Å². The van der Waals surface area contributed by atoms with Crippen molar-refractivity contribution in [3.05, 3.63) is 11.2 Å². The average Bonchev–Trinajstić information content (AvgIpc) is 3.14. The molecule has 1 saturated carbocycles. The Morgan fingerprint density at radius 2 is 2.26 bits per heavy atom. The van der Waals surface area contributed by atoms with E-state index in [0.717, 1.165) is 12.8 Å². The number of carbonyl (C=O) groups excluding carboxylic acids is 2. The molecule has 0 radical (unpaired) electrons. The summed E-state index contributed by atoms with van der Waals surface area (Å²) in [6, 6.07) is 0. The van der Waals surface area contributed by atoms with Gasteiger partial charge in [-0.2, -0.15) is 0 Å². The van der Waals surface area contributed by atoms with E-state index in [0.29, 0.717) is 30.4 Å². The Labute approximate surface area is 115 Å². The van der Waals surface area contributed by atoms with E-state index < -0.39 is 5.97 Å². The van der Waals surface area contributed by atoms with Gasteiger partial charge in [-0.1, -0.05) is 0 Å². The van der Waals surface area contributed by atoms with E-state index in [1.54, 1.807) is 12.4 Å². The molecular weight excluding hydrogens is 266 g/mol. The van der Waals surface area contributed by atoms with Crippen LogP contribution in [0.4, 0.5) is 5.00 Å². The first-order valence-corrected chi connectivity index (χ1v) is 7.22. The summed E-state index contributed by atoms with van der Waals surface area (Å²) >= 11 is 1.35. The largest absolute Gasteiger partial charge is 0.461 e. The van der Waals surface area contributed by atoms with Crippen LogP contribution in [0.3, 0.4) is 0 Å². The molecule has 1 aromatic rings. The fraction of sp³-hybridized carbons (Fsp3) is 0.583. The summed E-state index contributed by atoms with van der Waals surface area (Å²) in [5.41, 5.74) is 1.90. The van der Waals surface area contributed by atoms with Gasteiger partial charge in [0.15, 0.2) is 5.69 Å². The SMILES string of the molecule is CCOC(=O)c1ncsc1NCCNC(=O)C1CC1. The summed E-state index contributed by atoms with van der Waals surface area (Å²) in [7, 11) is 0. The number of hydrogen-bond acceptors (Lipinski definition) is 6. The number of anilines is 1. The van der Waals surface area contributed by atoms with E-state index in [1.165, 1.54) is 11.3 Å². The van der Waals surface area contributed by atoms with E-state index >= 15 is 0 Å². The Morgan fingerprint density at radius 3 is 2.95 bits per heavy atom. The van der Waals surface area contributed by atoms with Gasteiger partial charge in [-0.05, 0) is 19.8 Å². The van der Waals surface area contributed by atoms with Crippen molar-refractivity contribution < 1.29 is 14.3 Å². The van der Waals surface area contributed by atoms with Crippen LogP contribution >= 0.6 is 11.3 Å². The van der Waals surface area contributed by atoms with Crippen LogP contribution in [0, 0.1) is 5.92 Å². The first-order valence-electron chi connectivity index (χ1n) is 6.34. The molecule has 19 heavy (non-hydrogen) atoms. The molecule has 1 aliphatic rings. The van der Waals surface area contributed by atoms with E-state index in [4.69, 9.17) is 4.74 Å². The number of nitrogens with one attached hydrogen (secondary N) is 2.